The van der Waals surface area contributed by atoms with Gasteiger partial charge in [0.05, 0.1) is 13.2 Å². The summed E-state index contributed by atoms with van der Waals surface area (Å²) in [5.74, 6) is -6.12. The molecule has 0 aliphatic carbocycles. The Morgan fingerprint density at radius 1 is 0.722 bits per heavy atom. The first-order valence-corrected chi connectivity index (χ1v) is 19.5. The normalized spacial score (nSPS) is 15.4. The molecule has 3 N–H and O–H groups in total. The van der Waals surface area contributed by atoms with Crippen LogP contribution >= 0.6 is 7.75 Å². The van der Waals surface area contributed by atoms with Crippen LogP contribution in [-0.4, -0.2) is 60.5 Å². The van der Waals surface area contributed by atoms with Crippen LogP contribution in [0, 0.1) is 0 Å². The third kappa shape index (κ3) is 12.3. The maximum absolute atomic E-state index is 15.6. The summed E-state index contributed by atoms with van der Waals surface area (Å²) in [6.45, 7) is 7.25. The van der Waals surface area contributed by atoms with Gasteiger partial charge in [-0.3, -0.25) is 0 Å². The van der Waals surface area contributed by atoms with Crippen molar-refractivity contribution < 1.29 is 52.1 Å². The van der Waals surface area contributed by atoms with E-state index in [9.17, 15) is 19.5 Å². The third-order valence-corrected chi connectivity index (χ3v) is 9.57. The first-order valence-electron chi connectivity index (χ1n) is 18.1. The highest BCUT2D eigenvalue weighted by Crippen LogP contribution is 2.61. The maximum Gasteiger partial charge on any atom is 0.511 e. The number of likely N-dealkylation sites (N-methyl/N-ethyl adjacent to an activating group) is 1. The molecule has 0 spiro atoms. The van der Waals surface area contributed by atoms with E-state index in [-0.39, 0.29) is 43.6 Å². The molecule has 3 unspecified atom stereocenters. The fourth-order valence-electron chi connectivity index (χ4n) is 5.50. The van der Waals surface area contributed by atoms with Crippen LogP contribution in [0.5, 0.6) is 0 Å². The second-order valence-electron chi connectivity index (χ2n) is 12.4. The van der Waals surface area contributed by atoms with Crippen molar-refractivity contribution in [2.24, 2.45) is 10.5 Å². The van der Waals surface area contributed by atoms with Gasteiger partial charge in [-0.05, 0) is 31.2 Å². The number of benzene rings is 3. The van der Waals surface area contributed by atoms with Gasteiger partial charge in [0.25, 0.3) is 11.6 Å². The lowest BCUT2D eigenvalue weighted by molar-refractivity contribution is -0.205. The van der Waals surface area contributed by atoms with Crippen LogP contribution in [0.4, 0.5) is 9.59 Å². The highest BCUT2D eigenvalue weighted by molar-refractivity contribution is 7.52. The van der Waals surface area contributed by atoms with Crippen LogP contribution in [0.2, 0.25) is 0 Å². The zero-order chi connectivity index (χ0) is 39.6. The minimum absolute atomic E-state index is 0.00124. The molecule has 0 aliphatic heterocycles. The van der Waals surface area contributed by atoms with Crippen molar-refractivity contribution in [3.63, 3.8) is 0 Å². The number of aliphatic carboxylic acids is 1. The van der Waals surface area contributed by atoms with Gasteiger partial charge in [-0.15, -0.1) is 4.76 Å². The van der Waals surface area contributed by atoms with E-state index in [4.69, 9.17) is 33.7 Å². The van der Waals surface area contributed by atoms with Crippen molar-refractivity contribution in [1.82, 2.24) is 4.90 Å². The summed E-state index contributed by atoms with van der Waals surface area (Å²) < 4.78 is 55.1. The number of guanidine groups is 1. The number of carboxylic acid groups (broad SMARTS) is 1. The number of ether oxygens (including phenoxy) is 4. The Kier molecular flexibility index (Phi) is 17.0. The van der Waals surface area contributed by atoms with Gasteiger partial charge in [-0.1, -0.05) is 119 Å². The minimum atomic E-state index is -5.22. The molecule has 0 saturated carbocycles. The van der Waals surface area contributed by atoms with Gasteiger partial charge in [-0.25, -0.2) is 28.0 Å². The molecule has 3 rings (SSSR count). The van der Waals surface area contributed by atoms with E-state index in [1.807, 2.05) is 0 Å². The Balaban J connectivity index is 2.32. The largest absolute Gasteiger partial charge is 0.511 e. The van der Waals surface area contributed by atoms with Crippen LogP contribution in [0.25, 0.3) is 0 Å². The highest BCUT2D eigenvalue weighted by Gasteiger charge is 2.52. The molecule has 0 saturated heterocycles. The second-order valence-corrected chi connectivity index (χ2v) is 13.9. The number of nitrogens with zero attached hydrogens (tertiary/aromatic N) is 2. The summed E-state index contributed by atoms with van der Waals surface area (Å²) >= 11 is 0. The Morgan fingerprint density at radius 2 is 1.13 bits per heavy atom. The maximum atomic E-state index is 15.6. The molecule has 0 amide bonds. The van der Waals surface area contributed by atoms with Crippen molar-refractivity contribution in [2.45, 2.75) is 90.3 Å². The van der Waals surface area contributed by atoms with Crippen molar-refractivity contribution in [1.29, 1.82) is 0 Å². The molecule has 3 atom stereocenters. The highest BCUT2D eigenvalue weighted by atomic mass is 31.2. The molecule has 54 heavy (non-hydrogen) atoms. The van der Waals surface area contributed by atoms with Crippen LogP contribution in [0.1, 0.15) is 82.9 Å². The van der Waals surface area contributed by atoms with E-state index in [2.05, 4.69) is 4.76 Å². The first kappa shape index (κ1) is 43.5. The molecular weight excluding hydrogens is 717 g/mol. The van der Waals surface area contributed by atoms with Crippen LogP contribution in [0.15, 0.2) is 95.8 Å². The molecule has 0 radical (unpaired) electrons. The molecular formula is C39H52N3O11P. The van der Waals surface area contributed by atoms with Gasteiger partial charge >= 0.3 is 26.0 Å². The van der Waals surface area contributed by atoms with Gasteiger partial charge in [0.15, 0.2) is 0 Å². The summed E-state index contributed by atoms with van der Waals surface area (Å²) in [5, 5.41) is 10.3. The van der Waals surface area contributed by atoms with E-state index >= 15 is 4.57 Å². The van der Waals surface area contributed by atoms with E-state index < -0.39 is 49.6 Å². The van der Waals surface area contributed by atoms with Crippen LogP contribution in [-0.2, 0) is 55.3 Å². The van der Waals surface area contributed by atoms with E-state index in [1.54, 1.807) is 119 Å². The molecule has 14 nitrogen and oxygen atoms in total. The molecule has 0 bridgehead atoms. The average molecular weight is 770 g/mol. The lowest BCUT2D eigenvalue weighted by atomic mass is 10.0. The van der Waals surface area contributed by atoms with Gasteiger partial charge in [0.2, 0.25) is 5.96 Å². The third-order valence-electron chi connectivity index (χ3n) is 8.07. The van der Waals surface area contributed by atoms with Gasteiger partial charge in [0.1, 0.15) is 6.04 Å². The molecule has 3 aromatic carbocycles. The fraction of sp³-hybridized carbons (Fsp3) is 0.436. The lowest BCUT2D eigenvalue weighted by Crippen LogP contribution is -2.47. The predicted octanol–water partition coefficient (Wildman–Crippen LogP) is 8.50. The molecule has 0 heterocycles. The summed E-state index contributed by atoms with van der Waals surface area (Å²) in [4.78, 5) is 40.1. The smallest absolute Gasteiger partial charge is 0.480 e. The van der Waals surface area contributed by atoms with Crippen molar-refractivity contribution in [3.05, 3.63) is 108 Å². The first-order chi connectivity index (χ1) is 25.9. The predicted molar refractivity (Wildman–Crippen MR) is 202 cm³/mol. The SMILES string of the molecule is CCCOC(=O)OC(CCC)(OP(=O)(N=C(N)N(C)C(Cc1ccccc1)C(=O)O)OC(CCC)(OC(=O)OCCC)c1ccccc1)c1ccccc1. The molecule has 0 aliphatic rings. The Bertz CT molecular complexity index is 1620. The van der Waals surface area contributed by atoms with Crippen LogP contribution in [0.3, 0.4) is 0 Å². The number of rotatable bonds is 21. The standard InChI is InChI=1S/C39H52N3O11P/c1-6-25-38(31-21-15-11-16-22-31,50-36(45)48-27-8-3)52-54(47,41-35(40)42(5)33(34(43)44)29-30-19-13-10-14-20-30)53-39(26-7-2,32-23-17-12-18-24-32)51-37(46)49-28-9-4/h10-24,33H,6-9,25-29H2,1-5H3,(H,43,44)(H2,40,41,47). The quantitative estimate of drug-likeness (QED) is 0.0346. The van der Waals surface area contributed by atoms with Gasteiger partial charge in [0, 0.05) is 37.4 Å². The lowest BCUT2D eigenvalue weighted by Gasteiger charge is -2.38. The summed E-state index contributed by atoms with van der Waals surface area (Å²) in [6.07, 6.45) is -0.753. The summed E-state index contributed by atoms with van der Waals surface area (Å²) in [5.41, 5.74) is 7.70. The van der Waals surface area contributed by atoms with E-state index in [0.717, 1.165) is 4.90 Å². The number of hydrogen-bond donors (Lipinski definition) is 2. The summed E-state index contributed by atoms with van der Waals surface area (Å²) in [6, 6.07) is 24.1. The van der Waals surface area contributed by atoms with Gasteiger partial charge < -0.3 is 34.7 Å². The van der Waals surface area contributed by atoms with Crippen LogP contribution < -0.4 is 5.73 Å². The van der Waals surface area contributed by atoms with E-state index in [1.165, 1.54) is 7.05 Å². The molecule has 15 heteroatoms. The Labute approximate surface area is 317 Å². The number of carbonyl (C=O) groups excluding carboxylic acids is 2. The van der Waals surface area contributed by atoms with Crippen molar-refractivity contribution >= 4 is 32.0 Å². The Hall–Kier alpha value is -4.91. The number of carboxylic acids is 1. The zero-order valence-electron chi connectivity index (χ0n) is 31.6. The topological polar surface area (TPSA) is 186 Å². The number of hydrogen-bond acceptors (Lipinski definition) is 10. The monoisotopic (exact) mass is 769 g/mol. The number of nitrogens with two attached hydrogens (primary N) is 1. The second kappa shape index (κ2) is 21.1. The van der Waals surface area contributed by atoms with Crippen molar-refractivity contribution in [2.75, 3.05) is 20.3 Å². The van der Waals surface area contributed by atoms with Crippen molar-refractivity contribution in [3.8, 4) is 0 Å². The van der Waals surface area contributed by atoms with E-state index in [0.29, 0.717) is 31.2 Å². The summed E-state index contributed by atoms with van der Waals surface area (Å²) in [7, 11) is -3.85. The molecule has 294 valence electrons. The average Bonchev–Trinajstić information content (AvgIpc) is 3.16. The molecule has 0 fully saturated rings. The molecule has 0 aromatic heterocycles. The fourth-order valence-corrected chi connectivity index (χ4v) is 7.22. The number of carbonyl (C=O) groups is 3. The minimum Gasteiger partial charge on any atom is -0.480 e. The Morgan fingerprint density at radius 3 is 1.50 bits per heavy atom. The zero-order valence-corrected chi connectivity index (χ0v) is 32.4. The van der Waals surface area contributed by atoms with Gasteiger partial charge in [-0.2, -0.15) is 0 Å². The molecule has 3 aromatic rings.